The summed E-state index contributed by atoms with van der Waals surface area (Å²) < 4.78 is 7.52. The van der Waals surface area contributed by atoms with Crippen molar-refractivity contribution in [2.75, 3.05) is 13.2 Å². The summed E-state index contributed by atoms with van der Waals surface area (Å²) in [7, 11) is 2.07. The molecule has 2 aromatic rings. The Morgan fingerprint density at radius 1 is 1.38 bits per heavy atom. The van der Waals surface area contributed by atoms with E-state index in [9.17, 15) is 0 Å². The molecule has 0 aliphatic carbocycles. The molecule has 1 saturated heterocycles. The van der Waals surface area contributed by atoms with Crippen molar-refractivity contribution in [3.63, 3.8) is 0 Å². The highest BCUT2D eigenvalue weighted by Gasteiger charge is 2.16. The number of aromatic nitrogens is 2. The van der Waals surface area contributed by atoms with Crippen LogP contribution in [-0.2, 0) is 11.8 Å². The van der Waals surface area contributed by atoms with E-state index in [1.807, 2.05) is 6.20 Å². The van der Waals surface area contributed by atoms with Crippen LogP contribution in [0.25, 0.3) is 11.0 Å². The Hall–Kier alpha value is -1.35. The van der Waals surface area contributed by atoms with Crippen LogP contribution in [0.4, 0.5) is 0 Å². The maximum Gasteiger partial charge on any atom is 0.0881 e. The van der Waals surface area contributed by atoms with Gasteiger partial charge in [-0.25, -0.2) is 0 Å². The van der Waals surface area contributed by atoms with Gasteiger partial charge in [-0.2, -0.15) is 0 Å². The molecule has 3 heteroatoms. The first kappa shape index (κ1) is 9.85. The molecule has 0 N–H and O–H groups in total. The third-order valence-corrected chi connectivity index (χ3v) is 3.45. The van der Waals surface area contributed by atoms with Gasteiger partial charge in [0.2, 0.25) is 0 Å². The highest BCUT2D eigenvalue weighted by molar-refractivity contribution is 5.76. The average molecular weight is 216 g/mol. The van der Waals surface area contributed by atoms with Crippen LogP contribution in [0.5, 0.6) is 0 Å². The summed E-state index contributed by atoms with van der Waals surface area (Å²) >= 11 is 0. The molecule has 0 spiro atoms. The molecule has 84 valence electrons. The van der Waals surface area contributed by atoms with E-state index in [0.717, 1.165) is 31.6 Å². The lowest BCUT2D eigenvalue weighted by Gasteiger charge is -2.22. The van der Waals surface area contributed by atoms with Gasteiger partial charge in [-0.1, -0.05) is 0 Å². The fourth-order valence-electron chi connectivity index (χ4n) is 2.41. The first-order valence-electron chi connectivity index (χ1n) is 5.83. The molecule has 2 aromatic heterocycles. The zero-order valence-electron chi connectivity index (χ0n) is 9.52. The predicted molar refractivity (Wildman–Crippen MR) is 63.5 cm³/mol. The van der Waals surface area contributed by atoms with Crippen molar-refractivity contribution in [1.82, 2.24) is 9.55 Å². The summed E-state index contributed by atoms with van der Waals surface area (Å²) in [5.74, 6) is 0.626. The predicted octanol–water partition coefficient (Wildman–Crippen LogP) is 2.47. The summed E-state index contributed by atoms with van der Waals surface area (Å²) in [6.07, 6.45) is 6.33. The van der Waals surface area contributed by atoms with Crippen molar-refractivity contribution in [2.24, 2.45) is 7.05 Å². The maximum absolute atomic E-state index is 5.39. The van der Waals surface area contributed by atoms with E-state index < -0.39 is 0 Å². The van der Waals surface area contributed by atoms with Gasteiger partial charge in [0.25, 0.3) is 0 Å². The van der Waals surface area contributed by atoms with Crippen LogP contribution in [0.1, 0.15) is 24.3 Å². The molecule has 16 heavy (non-hydrogen) atoms. The SMILES string of the molecule is Cn1ccc2ncc(C3CCOCC3)cc21. The fraction of sp³-hybridized carbons (Fsp3) is 0.462. The van der Waals surface area contributed by atoms with E-state index in [1.165, 1.54) is 11.1 Å². The largest absolute Gasteiger partial charge is 0.381 e. The van der Waals surface area contributed by atoms with Crippen molar-refractivity contribution in [3.05, 3.63) is 30.1 Å². The Labute approximate surface area is 95.0 Å². The molecule has 0 saturated carbocycles. The van der Waals surface area contributed by atoms with Crippen molar-refractivity contribution in [1.29, 1.82) is 0 Å². The molecule has 3 nitrogen and oxygen atoms in total. The van der Waals surface area contributed by atoms with Gasteiger partial charge in [-0.15, -0.1) is 0 Å². The number of pyridine rings is 1. The first-order chi connectivity index (χ1) is 7.84. The number of hydrogen-bond donors (Lipinski definition) is 0. The first-order valence-corrected chi connectivity index (χ1v) is 5.83. The number of hydrogen-bond acceptors (Lipinski definition) is 2. The second kappa shape index (κ2) is 3.91. The van der Waals surface area contributed by atoms with Gasteiger partial charge in [-0.3, -0.25) is 4.98 Å². The molecule has 1 aliphatic rings. The smallest absolute Gasteiger partial charge is 0.0881 e. The lowest BCUT2D eigenvalue weighted by atomic mass is 9.93. The Balaban J connectivity index is 1.99. The summed E-state index contributed by atoms with van der Waals surface area (Å²) in [5.41, 5.74) is 3.67. The molecular weight excluding hydrogens is 200 g/mol. The molecule has 0 radical (unpaired) electrons. The van der Waals surface area contributed by atoms with E-state index in [0.29, 0.717) is 5.92 Å². The van der Waals surface area contributed by atoms with Crippen molar-refractivity contribution in [3.8, 4) is 0 Å². The van der Waals surface area contributed by atoms with E-state index in [-0.39, 0.29) is 0 Å². The van der Waals surface area contributed by atoms with Gasteiger partial charge in [0, 0.05) is 32.7 Å². The van der Waals surface area contributed by atoms with E-state index >= 15 is 0 Å². The highest BCUT2D eigenvalue weighted by atomic mass is 16.5. The molecule has 0 bridgehead atoms. The summed E-state index contributed by atoms with van der Waals surface area (Å²) in [6, 6.07) is 4.33. The second-order valence-electron chi connectivity index (χ2n) is 4.49. The van der Waals surface area contributed by atoms with Gasteiger partial charge in [0.15, 0.2) is 0 Å². The van der Waals surface area contributed by atoms with Crippen LogP contribution in [-0.4, -0.2) is 22.8 Å². The Morgan fingerprint density at radius 2 is 2.19 bits per heavy atom. The number of aryl methyl sites for hydroxylation is 1. The van der Waals surface area contributed by atoms with Gasteiger partial charge >= 0.3 is 0 Å². The molecule has 0 amide bonds. The Kier molecular flexibility index (Phi) is 2.40. The number of nitrogens with zero attached hydrogens (tertiary/aromatic N) is 2. The third-order valence-electron chi connectivity index (χ3n) is 3.45. The fourth-order valence-corrected chi connectivity index (χ4v) is 2.41. The molecule has 3 heterocycles. The minimum atomic E-state index is 0.626. The summed E-state index contributed by atoms with van der Waals surface area (Å²) in [5, 5.41) is 0. The van der Waals surface area contributed by atoms with E-state index in [1.54, 1.807) is 0 Å². The normalized spacial score (nSPS) is 18.1. The maximum atomic E-state index is 5.39. The number of fused-ring (bicyclic) bond motifs is 1. The topological polar surface area (TPSA) is 27.1 Å². The third kappa shape index (κ3) is 1.61. The Bertz CT molecular complexity index is 498. The van der Waals surface area contributed by atoms with Gasteiger partial charge < -0.3 is 9.30 Å². The van der Waals surface area contributed by atoms with Crippen LogP contribution < -0.4 is 0 Å². The van der Waals surface area contributed by atoms with Gasteiger partial charge in [0.1, 0.15) is 0 Å². The molecule has 0 unspecified atom stereocenters. The summed E-state index contributed by atoms with van der Waals surface area (Å²) in [6.45, 7) is 1.77. The molecule has 3 rings (SSSR count). The van der Waals surface area contributed by atoms with E-state index in [4.69, 9.17) is 4.74 Å². The molecule has 0 atom stereocenters. The number of rotatable bonds is 1. The zero-order valence-corrected chi connectivity index (χ0v) is 9.52. The van der Waals surface area contributed by atoms with Gasteiger partial charge in [-0.05, 0) is 36.5 Å². The zero-order chi connectivity index (χ0) is 11.0. The van der Waals surface area contributed by atoms with Crippen molar-refractivity contribution in [2.45, 2.75) is 18.8 Å². The van der Waals surface area contributed by atoms with Crippen LogP contribution in [0.2, 0.25) is 0 Å². The molecular formula is C13H16N2O. The molecule has 0 aromatic carbocycles. The minimum Gasteiger partial charge on any atom is -0.381 e. The Morgan fingerprint density at radius 3 is 3.00 bits per heavy atom. The quantitative estimate of drug-likeness (QED) is 0.732. The monoisotopic (exact) mass is 216 g/mol. The van der Waals surface area contributed by atoms with Crippen LogP contribution >= 0.6 is 0 Å². The second-order valence-corrected chi connectivity index (χ2v) is 4.49. The van der Waals surface area contributed by atoms with Crippen molar-refractivity contribution < 1.29 is 4.74 Å². The van der Waals surface area contributed by atoms with Gasteiger partial charge in [0.05, 0.1) is 11.0 Å². The average Bonchev–Trinajstić information content (AvgIpc) is 2.72. The van der Waals surface area contributed by atoms with E-state index in [2.05, 4.69) is 34.9 Å². The highest BCUT2D eigenvalue weighted by Crippen LogP contribution is 2.28. The molecule has 1 fully saturated rings. The minimum absolute atomic E-state index is 0.626. The molecule has 1 aliphatic heterocycles. The number of ether oxygens (including phenoxy) is 1. The summed E-state index contributed by atoms with van der Waals surface area (Å²) in [4.78, 5) is 4.52. The lowest BCUT2D eigenvalue weighted by molar-refractivity contribution is 0.0853. The standard InChI is InChI=1S/C13H16N2O/c1-15-5-2-12-13(15)8-11(9-14-12)10-3-6-16-7-4-10/h2,5,8-10H,3-4,6-7H2,1H3. The van der Waals surface area contributed by atoms with Crippen LogP contribution in [0.15, 0.2) is 24.5 Å². The lowest BCUT2D eigenvalue weighted by Crippen LogP contribution is -2.14. The van der Waals surface area contributed by atoms with Crippen LogP contribution in [0.3, 0.4) is 0 Å². The van der Waals surface area contributed by atoms with Crippen molar-refractivity contribution >= 4 is 11.0 Å². The van der Waals surface area contributed by atoms with Crippen LogP contribution in [0, 0.1) is 0 Å².